The van der Waals surface area contributed by atoms with E-state index >= 15 is 0 Å². The average molecular weight is 212 g/mol. The van der Waals surface area contributed by atoms with Crippen LogP contribution in [0.15, 0.2) is 0 Å². The summed E-state index contributed by atoms with van der Waals surface area (Å²) in [5.41, 5.74) is 0. The highest BCUT2D eigenvalue weighted by Gasteiger charge is 2.31. The molecule has 0 aromatic rings. The molecule has 1 saturated carbocycles. The number of hydrogen-bond donors (Lipinski definition) is 1. The molecule has 86 valence electrons. The summed E-state index contributed by atoms with van der Waals surface area (Å²) in [6.07, 6.45) is 5.02. The number of hydrogen-bond acceptors (Lipinski definition) is 3. The SMILES string of the molecule is O=C(C1CCOCC1)C1CCC(O)CC1. The Balaban J connectivity index is 1.84. The van der Waals surface area contributed by atoms with E-state index in [2.05, 4.69) is 0 Å². The summed E-state index contributed by atoms with van der Waals surface area (Å²) >= 11 is 0. The zero-order chi connectivity index (χ0) is 10.7. The van der Waals surface area contributed by atoms with Gasteiger partial charge in [-0.1, -0.05) is 0 Å². The molecule has 0 atom stereocenters. The van der Waals surface area contributed by atoms with Crippen LogP contribution < -0.4 is 0 Å². The molecule has 0 aromatic carbocycles. The lowest BCUT2D eigenvalue weighted by atomic mass is 9.78. The molecule has 2 rings (SSSR count). The van der Waals surface area contributed by atoms with Crippen LogP contribution >= 0.6 is 0 Å². The number of rotatable bonds is 2. The molecule has 0 spiro atoms. The van der Waals surface area contributed by atoms with Gasteiger partial charge in [-0.15, -0.1) is 0 Å². The Morgan fingerprint density at radius 1 is 0.933 bits per heavy atom. The van der Waals surface area contributed by atoms with E-state index in [0.29, 0.717) is 5.78 Å². The monoisotopic (exact) mass is 212 g/mol. The molecule has 15 heavy (non-hydrogen) atoms. The summed E-state index contributed by atoms with van der Waals surface area (Å²) in [7, 11) is 0. The van der Waals surface area contributed by atoms with Gasteiger partial charge in [0.05, 0.1) is 6.10 Å². The topological polar surface area (TPSA) is 46.5 Å². The molecular weight excluding hydrogens is 192 g/mol. The number of ketones is 1. The molecule has 3 nitrogen and oxygen atoms in total. The summed E-state index contributed by atoms with van der Waals surface area (Å²) in [6, 6.07) is 0. The molecular formula is C12H20O3. The lowest BCUT2D eigenvalue weighted by Gasteiger charge is -2.29. The van der Waals surface area contributed by atoms with Crippen LogP contribution in [0.3, 0.4) is 0 Å². The van der Waals surface area contributed by atoms with Gasteiger partial charge in [0.15, 0.2) is 0 Å². The predicted octanol–water partition coefficient (Wildman–Crippen LogP) is 1.53. The maximum Gasteiger partial charge on any atom is 0.139 e. The van der Waals surface area contributed by atoms with Crippen LogP contribution in [-0.4, -0.2) is 30.2 Å². The van der Waals surface area contributed by atoms with Crippen molar-refractivity contribution in [1.29, 1.82) is 0 Å². The smallest absolute Gasteiger partial charge is 0.139 e. The first kappa shape index (κ1) is 11.1. The minimum atomic E-state index is -0.163. The predicted molar refractivity (Wildman–Crippen MR) is 56.5 cm³/mol. The summed E-state index contributed by atoms with van der Waals surface area (Å²) in [5, 5.41) is 9.39. The van der Waals surface area contributed by atoms with Crippen molar-refractivity contribution in [3.63, 3.8) is 0 Å². The Morgan fingerprint density at radius 3 is 2.07 bits per heavy atom. The summed E-state index contributed by atoms with van der Waals surface area (Å²) in [4.78, 5) is 12.1. The zero-order valence-corrected chi connectivity index (χ0v) is 9.15. The Hall–Kier alpha value is -0.410. The van der Waals surface area contributed by atoms with E-state index in [0.717, 1.165) is 51.7 Å². The molecule has 1 saturated heterocycles. The van der Waals surface area contributed by atoms with E-state index in [-0.39, 0.29) is 17.9 Å². The Kier molecular flexibility index (Phi) is 3.76. The molecule has 1 N–H and O–H groups in total. The van der Waals surface area contributed by atoms with Gasteiger partial charge in [0.1, 0.15) is 5.78 Å². The lowest BCUT2D eigenvalue weighted by molar-refractivity contribution is -0.131. The molecule has 0 unspecified atom stereocenters. The fraction of sp³-hybridized carbons (Fsp3) is 0.917. The zero-order valence-electron chi connectivity index (χ0n) is 9.15. The molecule has 1 heterocycles. The molecule has 2 aliphatic rings. The number of carbonyl (C=O) groups is 1. The second-order valence-corrected chi connectivity index (χ2v) is 4.79. The van der Waals surface area contributed by atoms with Crippen LogP contribution in [0.5, 0.6) is 0 Å². The van der Waals surface area contributed by atoms with Crippen LogP contribution in [0, 0.1) is 11.8 Å². The molecule has 3 heteroatoms. The minimum absolute atomic E-state index is 0.163. The molecule has 0 amide bonds. The molecule has 1 aliphatic heterocycles. The van der Waals surface area contributed by atoms with Crippen molar-refractivity contribution in [1.82, 2.24) is 0 Å². The summed E-state index contributed by atoms with van der Waals surface area (Å²) < 4.78 is 5.26. The summed E-state index contributed by atoms with van der Waals surface area (Å²) in [6.45, 7) is 1.48. The van der Waals surface area contributed by atoms with E-state index in [4.69, 9.17) is 4.74 Å². The van der Waals surface area contributed by atoms with E-state index in [1.807, 2.05) is 0 Å². The van der Waals surface area contributed by atoms with Crippen molar-refractivity contribution >= 4 is 5.78 Å². The molecule has 0 radical (unpaired) electrons. The largest absolute Gasteiger partial charge is 0.393 e. The molecule has 2 fully saturated rings. The van der Waals surface area contributed by atoms with Gasteiger partial charge in [0, 0.05) is 25.0 Å². The highest BCUT2D eigenvalue weighted by molar-refractivity contribution is 5.83. The number of aliphatic hydroxyl groups is 1. The minimum Gasteiger partial charge on any atom is -0.393 e. The van der Waals surface area contributed by atoms with Crippen molar-refractivity contribution in [2.24, 2.45) is 11.8 Å². The normalized spacial score (nSPS) is 33.9. The number of aliphatic hydroxyl groups excluding tert-OH is 1. The van der Waals surface area contributed by atoms with Crippen LogP contribution in [0.4, 0.5) is 0 Å². The van der Waals surface area contributed by atoms with Crippen molar-refractivity contribution in [2.45, 2.75) is 44.6 Å². The number of carbonyl (C=O) groups excluding carboxylic acids is 1. The second kappa shape index (κ2) is 5.08. The maximum atomic E-state index is 12.1. The van der Waals surface area contributed by atoms with Gasteiger partial charge in [-0.05, 0) is 38.5 Å². The third-order valence-electron chi connectivity index (χ3n) is 3.72. The summed E-state index contributed by atoms with van der Waals surface area (Å²) in [5.74, 6) is 0.890. The fourth-order valence-corrected chi connectivity index (χ4v) is 2.68. The Labute approximate surface area is 90.8 Å². The molecule has 0 aromatic heterocycles. The first-order valence-corrected chi connectivity index (χ1v) is 6.07. The van der Waals surface area contributed by atoms with Crippen molar-refractivity contribution in [3.8, 4) is 0 Å². The fourth-order valence-electron chi connectivity index (χ4n) is 2.68. The number of Topliss-reactive ketones (excluding diaryl/α,β-unsaturated/α-hetero) is 1. The van der Waals surface area contributed by atoms with Crippen LogP contribution in [0.2, 0.25) is 0 Å². The standard InChI is InChI=1S/C12H20O3/c13-11-3-1-9(2-4-11)12(14)10-5-7-15-8-6-10/h9-11,13H,1-8H2. The van der Waals surface area contributed by atoms with E-state index in [1.165, 1.54) is 0 Å². The van der Waals surface area contributed by atoms with E-state index in [1.54, 1.807) is 0 Å². The average Bonchev–Trinajstić information content (AvgIpc) is 2.30. The van der Waals surface area contributed by atoms with Crippen LogP contribution in [0.25, 0.3) is 0 Å². The van der Waals surface area contributed by atoms with Crippen LogP contribution in [0.1, 0.15) is 38.5 Å². The van der Waals surface area contributed by atoms with E-state index in [9.17, 15) is 9.90 Å². The quantitative estimate of drug-likeness (QED) is 0.755. The highest BCUT2D eigenvalue weighted by atomic mass is 16.5. The van der Waals surface area contributed by atoms with Gasteiger partial charge in [0.25, 0.3) is 0 Å². The molecule has 0 bridgehead atoms. The third-order valence-corrected chi connectivity index (χ3v) is 3.72. The van der Waals surface area contributed by atoms with Gasteiger partial charge in [-0.2, -0.15) is 0 Å². The second-order valence-electron chi connectivity index (χ2n) is 4.79. The van der Waals surface area contributed by atoms with E-state index < -0.39 is 0 Å². The lowest BCUT2D eigenvalue weighted by Crippen LogP contribution is -2.32. The van der Waals surface area contributed by atoms with Gasteiger partial charge >= 0.3 is 0 Å². The Morgan fingerprint density at radius 2 is 1.47 bits per heavy atom. The van der Waals surface area contributed by atoms with Crippen molar-refractivity contribution < 1.29 is 14.6 Å². The van der Waals surface area contributed by atoms with Crippen molar-refractivity contribution in [3.05, 3.63) is 0 Å². The van der Waals surface area contributed by atoms with Gasteiger partial charge < -0.3 is 9.84 Å². The Bertz CT molecular complexity index is 213. The molecule has 1 aliphatic carbocycles. The number of ether oxygens (including phenoxy) is 1. The third kappa shape index (κ3) is 2.79. The first-order chi connectivity index (χ1) is 7.27. The van der Waals surface area contributed by atoms with Gasteiger partial charge in [-0.25, -0.2) is 0 Å². The van der Waals surface area contributed by atoms with Gasteiger partial charge in [-0.3, -0.25) is 4.79 Å². The maximum absolute atomic E-state index is 12.1. The highest BCUT2D eigenvalue weighted by Crippen LogP contribution is 2.29. The van der Waals surface area contributed by atoms with Crippen molar-refractivity contribution in [2.75, 3.05) is 13.2 Å². The first-order valence-electron chi connectivity index (χ1n) is 6.07. The van der Waals surface area contributed by atoms with Gasteiger partial charge in [0.2, 0.25) is 0 Å². The van der Waals surface area contributed by atoms with Crippen LogP contribution in [-0.2, 0) is 9.53 Å².